The van der Waals surface area contributed by atoms with Gasteiger partial charge >= 0.3 is 6.18 Å². The number of ether oxygens (including phenoxy) is 1. The minimum Gasteiger partial charge on any atom is -0.366 e. The van der Waals surface area contributed by atoms with Crippen LogP contribution < -0.4 is 5.32 Å². The first-order valence-electron chi connectivity index (χ1n) is 7.07. The zero-order chi connectivity index (χ0) is 16.2. The molecule has 0 unspecified atom stereocenters. The van der Waals surface area contributed by atoms with E-state index < -0.39 is 24.2 Å². The van der Waals surface area contributed by atoms with Crippen molar-refractivity contribution in [2.75, 3.05) is 26.7 Å². The molecule has 2 atom stereocenters. The molecule has 1 fully saturated rings. The lowest BCUT2D eigenvalue weighted by Gasteiger charge is -2.31. The molecule has 0 saturated carbocycles. The van der Waals surface area contributed by atoms with Crippen LogP contribution in [0.1, 0.15) is 5.56 Å². The summed E-state index contributed by atoms with van der Waals surface area (Å²) in [4.78, 5) is 13.9. The average molecular weight is 316 g/mol. The molecule has 7 heteroatoms. The number of amides is 1. The van der Waals surface area contributed by atoms with Crippen molar-refractivity contribution in [3.63, 3.8) is 0 Å². The zero-order valence-corrected chi connectivity index (χ0v) is 12.3. The Hall–Kier alpha value is -1.60. The second-order valence-corrected chi connectivity index (χ2v) is 5.41. The van der Waals surface area contributed by atoms with E-state index in [0.717, 1.165) is 0 Å². The molecule has 0 bridgehead atoms. The van der Waals surface area contributed by atoms with E-state index in [0.29, 0.717) is 25.3 Å². The summed E-state index contributed by atoms with van der Waals surface area (Å²) in [7, 11) is 1.80. The Bertz CT molecular complexity index is 493. The monoisotopic (exact) mass is 316 g/mol. The van der Waals surface area contributed by atoms with Crippen LogP contribution in [0.2, 0.25) is 0 Å². The van der Waals surface area contributed by atoms with Gasteiger partial charge in [0.05, 0.1) is 6.61 Å². The van der Waals surface area contributed by atoms with Crippen LogP contribution in [-0.4, -0.2) is 55.9 Å². The number of hydrogen-bond donors (Lipinski definition) is 1. The van der Waals surface area contributed by atoms with Crippen LogP contribution in [0.3, 0.4) is 0 Å². The lowest BCUT2D eigenvalue weighted by molar-refractivity contribution is -0.166. The third-order valence-corrected chi connectivity index (χ3v) is 3.56. The van der Waals surface area contributed by atoms with Crippen LogP contribution in [0.15, 0.2) is 30.3 Å². The Morgan fingerprint density at radius 2 is 2.09 bits per heavy atom. The van der Waals surface area contributed by atoms with Gasteiger partial charge in [-0.25, -0.2) is 0 Å². The van der Waals surface area contributed by atoms with E-state index in [1.54, 1.807) is 37.4 Å². The third kappa shape index (κ3) is 4.71. The van der Waals surface area contributed by atoms with Gasteiger partial charge in [-0.05, 0) is 12.6 Å². The van der Waals surface area contributed by atoms with E-state index >= 15 is 0 Å². The average Bonchev–Trinajstić information content (AvgIpc) is 2.46. The molecule has 0 aromatic heterocycles. The van der Waals surface area contributed by atoms with Gasteiger partial charge < -0.3 is 15.0 Å². The van der Waals surface area contributed by atoms with Crippen molar-refractivity contribution >= 4 is 5.91 Å². The van der Waals surface area contributed by atoms with Crippen molar-refractivity contribution in [2.45, 2.75) is 24.7 Å². The van der Waals surface area contributed by atoms with Gasteiger partial charge in [-0.3, -0.25) is 4.79 Å². The van der Waals surface area contributed by atoms with Crippen LogP contribution >= 0.6 is 0 Å². The lowest BCUT2D eigenvalue weighted by Crippen LogP contribution is -2.54. The van der Waals surface area contributed by atoms with Crippen LogP contribution in [0, 0.1) is 0 Å². The summed E-state index contributed by atoms with van der Waals surface area (Å²) < 4.78 is 44.7. The van der Waals surface area contributed by atoms with E-state index in [1.807, 2.05) is 4.90 Å². The highest BCUT2D eigenvalue weighted by Crippen LogP contribution is 2.23. The van der Waals surface area contributed by atoms with Gasteiger partial charge in [0.15, 0.2) is 0 Å². The Kier molecular flexibility index (Phi) is 5.42. The fraction of sp³-hybridized carbons (Fsp3) is 0.533. The molecule has 0 aliphatic carbocycles. The van der Waals surface area contributed by atoms with Crippen LogP contribution in [0.5, 0.6) is 0 Å². The molecule has 2 rings (SSSR count). The highest BCUT2D eigenvalue weighted by Gasteiger charge is 2.41. The number of rotatable bonds is 4. The Labute approximate surface area is 127 Å². The quantitative estimate of drug-likeness (QED) is 0.917. The fourth-order valence-corrected chi connectivity index (χ4v) is 2.30. The number of nitrogens with zero attached hydrogens (tertiary/aromatic N) is 1. The predicted octanol–water partition coefficient (Wildman–Crippen LogP) is 1.61. The largest absolute Gasteiger partial charge is 0.408 e. The maximum Gasteiger partial charge on any atom is 0.408 e. The molecule has 1 N–H and O–H groups in total. The summed E-state index contributed by atoms with van der Waals surface area (Å²) in [6, 6.07) is 6.37. The summed E-state index contributed by atoms with van der Waals surface area (Å²) in [6.07, 6.45) is -5.66. The van der Waals surface area contributed by atoms with Crippen molar-refractivity contribution in [3.8, 4) is 0 Å². The number of alkyl halides is 3. The number of carbonyl (C=O) groups is 1. The highest BCUT2D eigenvalue weighted by atomic mass is 19.4. The van der Waals surface area contributed by atoms with E-state index in [-0.39, 0.29) is 6.42 Å². The van der Waals surface area contributed by atoms with Gasteiger partial charge in [0.1, 0.15) is 12.1 Å². The third-order valence-electron chi connectivity index (χ3n) is 3.56. The number of hydrogen-bond acceptors (Lipinski definition) is 3. The highest BCUT2D eigenvalue weighted by molar-refractivity contribution is 5.81. The molecule has 1 heterocycles. The molecule has 1 aromatic carbocycles. The Morgan fingerprint density at radius 3 is 2.68 bits per heavy atom. The molecule has 1 aliphatic rings. The van der Waals surface area contributed by atoms with E-state index in [9.17, 15) is 18.0 Å². The molecule has 4 nitrogen and oxygen atoms in total. The summed E-state index contributed by atoms with van der Waals surface area (Å²) in [5.74, 6) is -0.718. The molecule has 22 heavy (non-hydrogen) atoms. The molecule has 1 aromatic rings. The number of benzene rings is 1. The molecular formula is C15H19F3N2O2. The lowest BCUT2D eigenvalue weighted by atomic mass is 10.1. The van der Waals surface area contributed by atoms with Gasteiger partial charge in [0.2, 0.25) is 0 Å². The van der Waals surface area contributed by atoms with Crippen molar-refractivity contribution in [3.05, 3.63) is 35.9 Å². The SMILES string of the molecule is CN1CCO[C@H](C(=O)N[C@H](Cc2ccccc2)C(F)(F)F)C1. The van der Waals surface area contributed by atoms with E-state index in [1.165, 1.54) is 0 Å². The minimum absolute atomic E-state index is 0.293. The van der Waals surface area contributed by atoms with Crippen molar-refractivity contribution in [2.24, 2.45) is 0 Å². The second-order valence-electron chi connectivity index (χ2n) is 5.41. The number of morpholine rings is 1. The standard InChI is InChI=1S/C15H19F3N2O2/c1-20-7-8-22-12(10-20)14(21)19-13(15(16,17)18)9-11-5-3-2-4-6-11/h2-6,12-13H,7-10H2,1H3,(H,19,21)/t12-,13+/m0/s1. The Morgan fingerprint density at radius 1 is 1.41 bits per heavy atom. The molecule has 122 valence electrons. The maximum absolute atomic E-state index is 13.1. The smallest absolute Gasteiger partial charge is 0.366 e. The summed E-state index contributed by atoms with van der Waals surface area (Å²) in [6.45, 7) is 1.29. The van der Waals surface area contributed by atoms with Gasteiger partial charge in [-0.1, -0.05) is 30.3 Å². The number of nitrogens with one attached hydrogen (secondary N) is 1. The first-order valence-corrected chi connectivity index (χ1v) is 7.07. The Balaban J connectivity index is 2.02. The first kappa shape index (κ1) is 16.8. The van der Waals surface area contributed by atoms with E-state index in [2.05, 4.69) is 5.32 Å². The normalized spacial score (nSPS) is 21.4. The van der Waals surface area contributed by atoms with Crippen LogP contribution in [0.25, 0.3) is 0 Å². The molecule has 1 aliphatic heterocycles. The van der Waals surface area contributed by atoms with Crippen LogP contribution in [-0.2, 0) is 16.0 Å². The van der Waals surface area contributed by atoms with Crippen molar-refractivity contribution < 1.29 is 22.7 Å². The van der Waals surface area contributed by atoms with Gasteiger partial charge in [0, 0.05) is 19.5 Å². The molecule has 1 amide bonds. The van der Waals surface area contributed by atoms with Crippen molar-refractivity contribution in [1.82, 2.24) is 10.2 Å². The summed E-state index contributed by atoms with van der Waals surface area (Å²) in [5.41, 5.74) is 0.520. The first-order chi connectivity index (χ1) is 10.4. The summed E-state index contributed by atoms with van der Waals surface area (Å²) in [5, 5.41) is 2.08. The molecule has 0 spiro atoms. The topological polar surface area (TPSA) is 41.6 Å². The number of halogens is 3. The second kappa shape index (κ2) is 7.11. The van der Waals surface area contributed by atoms with Gasteiger partial charge in [0.25, 0.3) is 5.91 Å². The minimum atomic E-state index is -4.51. The van der Waals surface area contributed by atoms with Gasteiger partial charge in [-0.15, -0.1) is 0 Å². The van der Waals surface area contributed by atoms with Crippen LogP contribution in [0.4, 0.5) is 13.2 Å². The summed E-state index contributed by atoms with van der Waals surface area (Å²) >= 11 is 0. The van der Waals surface area contributed by atoms with Gasteiger partial charge in [-0.2, -0.15) is 13.2 Å². The molecular weight excluding hydrogens is 297 g/mol. The molecule has 0 radical (unpaired) electrons. The fourth-order valence-electron chi connectivity index (χ4n) is 2.30. The molecule has 1 saturated heterocycles. The number of likely N-dealkylation sites (N-methyl/N-ethyl adjacent to an activating group) is 1. The maximum atomic E-state index is 13.1. The number of carbonyl (C=O) groups excluding carboxylic acids is 1. The van der Waals surface area contributed by atoms with Crippen molar-refractivity contribution in [1.29, 1.82) is 0 Å². The zero-order valence-electron chi connectivity index (χ0n) is 12.3. The predicted molar refractivity (Wildman–Crippen MR) is 75.4 cm³/mol. The van der Waals surface area contributed by atoms with E-state index in [4.69, 9.17) is 4.74 Å².